The lowest BCUT2D eigenvalue weighted by Gasteiger charge is -2.09. The van der Waals surface area contributed by atoms with Crippen LogP contribution in [0.5, 0.6) is 5.75 Å². The van der Waals surface area contributed by atoms with Gasteiger partial charge in [0.1, 0.15) is 22.8 Å². The molecule has 0 fully saturated rings. The molecule has 2 aromatic heterocycles. The molecule has 0 aliphatic carbocycles. The fraction of sp³-hybridized carbons (Fsp3) is 0.136. The lowest BCUT2D eigenvalue weighted by molar-refractivity contribution is 0.102. The average molecular weight is 426 g/mol. The van der Waals surface area contributed by atoms with E-state index in [2.05, 4.69) is 15.4 Å². The van der Waals surface area contributed by atoms with Crippen molar-refractivity contribution < 1.29 is 22.7 Å². The van der Waals surface area contributed by atoms with Crippen molar-refractivity contribution >= 4 is 17.2 Å². The second kappa shape index (κ2) is 8.47. The van der Waals surface area contributed by atoms with E-state index in [1.807, 2.05) is 6.92 Å². The van der Waals surface area contributed by atoms with Crippen LogP contribution in [0, 0.1) is 5.82 Å². The van der Waals surface area contributed by atoms with Crippen LogP contribution in [0.15, 0.2) is 60.8 Å². The predicted molar refractivity (Wildman–Crippen MR) is 109 cm³/mol. The SMILES string of the molecule is CCOc1ccc(NC(=O)c2cnn3c(C(F)F)cc(-c4ccc(F)cc4)nc23)cc1. The third-order valence-electron chi connectivity index (χ3n) is 4.53. The molecule has 6 nitrogen and oxygen atoms in total. The molecule has 2 aromatic carbocycles. The summed E-state index contributed by atoms with van der Waals surface area (Å²) >= 11 is 0. The van der Waals surface area contributed by atoms with E-state index < -0.39 is 23.8 Å². The van der Waals surface area contributed by atoms with Gasteiger partial charge in [0, 0.05) is 11.3 Å². The van der Waals surface area contributed by atoms with Crippen LogP contribution in [-0.4, -0.2) is 27.1 Å². The Kier molecular flexibility index (Phi) is 5.57. The molecular weight excluding hydrogens is 409 g/mol. The number of hydrogen-bond acceptors (Lipinski definition) is 4. The Morgan fingerprint density at radius 2 is 1.84 bits per heavy atom. The Bertz CT molecular complexity index is 1220. The molecule has 1 amide bonds. The number of benzene rings is 2. The molecule has 9 heteroatoms. The lowest BCUT2D eigenvalue weighted by Crippen LogP contribution is -2.12. The highest BCUT2D eigenvalue weighted by Crippen LogP contribution is 2.27. The fourth-order valence-corrected chi connectivity index (χ4v) is 3.07. The number of rotatable bonds is 6. The second-order valence-corrected chi connectivity index (χ2v) is 6.58. The minimum Gasteiger partial charge on any atom is -0.494 e. The number of ether oxygens (including phenoxy) is 1. The number of carbonyl (C=O) groups is 1. The molecule has 31 heavy (non-hydrogen) atoms. The molecule has 0 saturated heterocycles. The van der Waals surface area contributed by atoms with Crippen LogP contribution >= 0.6 is 0 Å². The van der Waals surface area contributed by atoms with Crippen molar-refractivity contribution in [2.75, 3.05) is 11.9 Å². The molecule has 0 aliphatic rings. The van der Waals surface area contributed by atoms with Crippen molar-refractivity contribution in [1.29, 1.82) is 0 Å². The summed E-state index contributed by atoms with van der Waals surface area (Å²) in [6.07, 6.45) is -1.67. The van der Waals surface area contributed by atoms with Gasteiger partial charge in [-0.15, -0.1) is 0 Å². The van der Waals surface area contributed by atoms with Gasteiger partial charge in [0.05, 0.1) is 18.5 Å². The lowest BCUT2D eigenvalue weighted by atomic mass is 10.1. The average Bonchev–Trinajstić information content (AvgIpc) is 3.19. The van der Waals surface area contributed by atoms with Crippen LogP contribution < -0.4 is 10.1 Å². The van der Waals surface area contributed by atoms with Gasteiger partial charge in [-0.3, -0.25) is 4.79 Å². The van der Waals surface area contributed by atoms with E-state index >= 15 is 0 Å². The standard InChI is InChI=1S/C22H17F3N4O2/c1-2-31-16-9-7-15(8-10-16)27-22(30)17-12-26-29-19(20(24)25)11-18(28-21(17)29)13-3-5-14(23)6-4-13/h3-12,20H,2H2,1H3,(H,27,30). The summed E-state index contributed by atoms with van der Waals surface area (Å²) in [5.74, 6) is -0.356. The largest absolute Gasteiger partial charge is 0.494 e. The Morgan fingerprint density at radius 3 is 2.48 bits per heavy atom. The topological polar surface area (TPSA) is 68.5 Å². The summed E-state index contributed by atoms with van der Waals surface area (Å²) < 4.78 is 46.8. The number of fused-ring (bicyclic) bond motifs is 1. The zero-order valence-electron chi connectivity index (χ0n) is 16.3. The van der Waals surface area contributed by atoms with Gasteiger partial charge in [0.2, 0.25) is 0 Å². The number of hydrogen-bond donors (Lipinski definition) is 1. The first-order chi connectivity index (χ1) is 15.0. The van der Waals surface area contributed by atoms with Crippen LogP contribution in [0.3, 0.4) is 0 Å². The summed E-state index contributed by atoms with van der Waals surface area (Å²) in [6.45, 7) is 2.38. The molecule has 1 N–H and O–H groups in total. The van der Waals surface area contributed by atoms with Gasteiger partial charge < -0.3 is 10.1 Å². The molecule has 0 unspecified atom stereocenters. The molecule has 4 aromatic rings. The van der Waals surface area contributed by atoms with Crippen LogP contribution in [0.25, 0.3) is 16.9 Å². The first-order valence-corrected chi connectivity index (χ1v) is 9.43. The zero-order chi connectivity index (χ0) is 22.0. The van der Waals surface area contributed by atoms with E-state index in [-0.39, 0.29) is 16.9 Å². The maximum absolute atomic E-state index is 13.7. The second-order valence-electron chi connectivity index (χ2n) is 6.58. The number of nitrogens with zero attached hydrogens (tertiary/aromatic N) is 3. The van der Waals surface area contributed by atoms with Crippen LogP contribution in [-0.2, 0) is 0 Å². The number of anilines is 1. The molecule has 0 spiro atoms. The maximum atomic E-state index is 13.7. The van der Waals surface area contributed by atoms with Gasteiger partial charge in [-0.25, -0.2) is 22.7 Å². The summed E-state index contributed by atoms with van der Waals surface area (Å²) in [6, 6.07) is 13.2. The third-order valence-corrected chi connectivity index (χ3v) is 4.53. The number of halogens is 3. The molecule has 4 rings (SSSR count). The van der Waals surface area contributed by atoms with Crippen molar-refractivity contribution in [3.63, 3.8) is 0 Å². The first-order valence-electron chi connectivity index (χ1n) is 9.43. The van der Waals surface area contributed by atoms with Crippen LogP contribution in [0.1, 0.15) is 29.4 Å². The van der Waals surface area contributed by atoms with Gasteiger partial charge >= 0.3 is 0 Å². The van der Waals surface area contributed by atoms with Crippen molar-refractivity contribution in [1.82, 2.24) is 14.6 Å². The molecule has 0 radical (unpaired) electrons. The number of alkyl halides is 2. The Morgan fingerprint density at radius 1 is 1.13 bits per heavy atom. The Labute approximate surface area is 175 Å². The van der Waals surface area contributed by atoms with E-state index in [0.717, 1.165) is 4.52 Å². The van der Waals surface area contributed by atoms with Gasteiger partial charge in [-0.05, 0) is 61.5 Å². The molecule has 2 heterocycles. The molecular formula is C22H17F3N4O2. The number of carbonyl (C=O) groups excluding carboxylic acids is 1. The minimum atomic E-state index is -2.85. The minimum absolute atomic E-state index is 0.0273. The molecule has 0 saturated carbocycles. The quantitative estimate of drug-likeness (QED) is 0.465. The van der Waals surface area contributed by atoms with E-state index in [1.54, 1.807) is 24.3 Å². The first kappa shape index (κ1) is 20.4. The third kappa shape index (κ3) is 4.20. The van der Waals surface area contributed by atoms with Crippen LogP contribution in [0.4, 0.5) is 18.9 Å². The van der Waals surface area contributed by atoms with Gasteiger partial charge in [0.25, 0.3) is 12.3 Å². The highest BCUT2D eigenvalue weighted by Gasteiger charge is 2.21. The van der Waals surface area contributed by atoms with E-state index in [1.165, 1.54) is 36.5 Å². The van der Waals surface area contributed by atoms with Crippen molar-refractivity contribution in [2.24, 2.45) is 0 Å². The number of amides is 1. The number of aromatic nitrogens is 3. The van der Waals surface area contributed by atoms with Gasteiger partial charge in [0.15, 0.2) is 5.65 Å². The number of nitrogens with one attached hydrogen (secondary N) is 1. The van der Waals surface area contributed by atoms with Crippen molar-refractivity contribution in [3.05, 3.63) is 77.9 Å². The van der Waals surface area contributed by atoms with Crippen molar-refractivity contribution in [3.8, 4) is 17.0 Å². The summed E-state index contributed by atoms with van der Waals surface area (Å²) in [7, 11) is 0. The Hall–Kier alpha value is -3.88. The van der Waals surface area contributed by atoms with E-state index in [0.29, 0.717) is 23.6 Å². The fourth-order valence-electron chi connectivity index (χ4n) is 3.07. The molecule has 0 atom stereocenters. The maximum Gasteiger partial charge on any atom is 0.280 e. The van der Waals surface area contributed by atoms with Crippen LogP contribution in [0.2, 0.25) is 0 Å². The smallest absolute Gasteiger partial charge is 0.280 e. The summed E-state index contributed by atoms with van der Waals surface area (Å²) in [5.41, 5.74) is 0.685. The predicted octanol–water partition coefficient (Wildman–Crippen LogP) is 5.12. The van der Waals surface area contributed by atoms with Gasteiger partial charge in [-0.1, -0.05) is 0 Å². The van der Waals surface area contributed by atoms with Gasteiger partial charge in [-0.2, -0.15) is 5.10 Å². The summed E-state index contributed by atoms with van der Waals surface area (Å²) in [4.78, 5) is 17.1. The van der Waals surface area contributed by atoms with Crippen molar-refractivity contribution in [2.45, 2.75) is 13.3 Å². The highest BCUT2D eigenvalue weighted by atomic mass is 19.3. The molecule has 0 aliphatic heterocycles. The molecule has 158 valence electrons. The highest BCUT2D eigenvalue weighted by molar-refractivity contribution is 6.08. The normalized spacial score (nSPS) is 11.1. The zero-order valence-corrected chi connectivity index (χ0v) is 16.3. The van der Waals surface area contributed by atoms with E-state index in [9.17, 15) is 18.0 Å². The monoisotopic (exact) mass is 426 g/mol. The Balaban J connectivity index is 1.72. The molecule has 0 bridgehead atoms. The summed E-state index contributed by atoms with van der Waals surface area (Å²) in [5, 5.41) is 6.62. The van der Waals surface area contributed by atoms with E-state index in [4.69, 9.17) is 4.74 Å².